The van der Waals surface area contributed by atoms with Crippen molar-refractivity contribution < 1.29 is 9.50 Å². The summed E-state index contributed by atoms with van der Waals surface area (Å²) in [5.41, 5.74) is 0.798. The Hall–Kier alpha value is -2.48. The van der Waals surface area contributed by atoms with Crippen molar-refractivity contribution in [1.82, 2.24) is 15.0 Å². The zero-order valence-corrected chi connectivity index (χ0v) is 13.7. The Balaban J connectivity index is 1.82. The highest BCUT2D eigenvalue weighted by Gasteiger charge is 2.27. The summed E-state index contributed by atoms with van der Waals surface area (Å²) in [5.74, 6) is 0.748. The van der Waals surface area contributed by atoms with Crippen LogP contribution in [0.3, 0.4) is 0 Å². The van der Waals surface area contributed by atoms with Crippen molar-refractivity contribution in [1.29, 1.82) is 0 Å². The molecule has 3 heterocycles. The average Bonchev–Trinajstić information content (AvgIpc) is 3.04. The van der Waals surface area contributed by atoms with Gasteiger partial charge in [0.25, 0.3) is 5.56 Å². The summed E-state index contributed by atoms with van der Waals surface area (Å²) in [4.78, 5) is 26.9. The van der Waals surface area contributed by atoms with Crippen molar-refractivity contribution in [3.05, 3.63) is 45.8 Å². The molecule has 7 nitrogen and oxygen atoms in total. The Morgan fingerprint density at radius 2 is 2.25 bits per heavy atom. The van der Waals surface area contributed by atoms with Crippen LogP contribution in [0, 0.1) is 5.82 Å². The number of aromatic nitrogens is 3. The summed E-state index contributed by atoms with van der Waals surface area (Å²) >= 11 is 0. The number of aromatic amines is 1. The Labute approximate surface area is 138 Å². The molecule has 128 valence electrons. The molecule has 2 N–H and O–H groups in total. The van der Waals surface area contributed by atoms with Crippen LogP contribution in [-0.2, 0) is 6.61 Å². The number of aliphatic hydroxyl groups excluding tert-OH is 1. The first kappa shape index (κ1) is 16.4. The number of hydrogen-bond acceptors (Lipinski definition) is 6. The Morgan fingerprint density at radius 1 is 1.46 bits per heavy atom. The number of halogens is 1. The maximum absolute atomic E-state index is 13.5. The maximum Gasteiger partial charge on any atom is 0.252 e. The molecule has 2 aromatic heterocycles. The van der Waals surface area contributed by atoms with E-state index in [1.165, 1.54) is 6.07 Å². The fraction of sp³-hybridized carbons (Fsp3) is 0.438. The molecular weight excluding hydrogens is 313 g/mol. The molecule has 8 heteroatoms. The molecule has 0 bridgehead atoms. The third kappa shape index (κ3) is 3.23. The van der Waals surface area contributed by atoms with Crippen LogP contribution in [0.5, 0.6) is 0 Å². The smallest absolute Gasteiger partial charge is 0.252 e. The predicted molar refractivity (Wildman–Crippen MR) is 88.9 cm³/mol. The lowest BCUT2D eigenvalue weighted by atomic mass is 10.1. The fourth-order valence-electron chi connectivity index (χ4n) is 2.86. The van der Waals surface area contributed by atoms with Crippen LogP contribution in [0.2, 0.25) is 0 Å². The molecule has 0 saturated carbocycles. The molecule has 1 aliphatic rings. The van der Waals surface area contributed by atoms with Crippen molar-refractivity contribution >= 4 is 11.8 Å². The Morgan fingerprint density at radius 3 is 2.96 bits per heavy atom. The first-order chi connectivity index (χ1) is 11.5. The third-order valence-corrected chi connectivity index (χ3v) is 4.19. The van der Waals surface area contributed by atoms with Crippen LogP contribution in [0.1, 0.15) is 23.6 Å². The van der Waals surface area contributed by atoms with E-state index in [-0.39, 0.29) is 23.6 Å². The van der Waals surface area contributed by atoms with E-state index >= 15 is 0 Å². The van der Waals surface area contributed by atoms with Crippen LogP contribution >= 0.6 is 0 Å². The molecule has 1 atom stereocenters. The molecule has 0 amide bonds. The van der Waals surface area contributed by atoms with E-state index in [9.17, 15) is 14.3 Å². The maximum atomic E-state index is 13.5. The average molecular weight is 333 g/mol. The number of nitrogens with zero attached hydrogens (tertiary/aromatic N) is 4. The molecule has 1 saturated heterocycles. The highest BCUT2D eigenvalue weighted by atomic mass is 19.1. The van der Waals surface area contributed by atoms with Gasteiger partial charge in [-0.1, -0.05) is 0 Å². The minimum Gasteiger partial charge on any atom is -0.392 e. The van der Waals surface area contributed by atoms with E-state index < -0.39 is 5.82 Å². The zero-order chi connectivity index (χ0) is 17.3. The number of rotatable bonds is 4. The second kappa shape index (κ2) is 6.56. The highest BCUT2D eigenvalue weighted by molar-refractivity contribution is 5.43. The van der Waals surface area contributed by atoms with Crippen LogP contribution in [0.4, 0.5) is 16.2 Å². The lowest BCUT2D eigenvalue weighted by molar-refractivity contribution is 0.275. The molecular formula is C16H20FN5O2. The standard InChI is InChI=1S/C16H20FN5O2/c1-21(2)16-19-13(6-15(24)20-16)10-3-4-22(8-10)14-5-11(9-23)12(17)7-18-14/h5-7,10,23H,3-4,8-9H2,1-2H3,(H,19,20,24). The number of nitrogens with one attached hydrogen (secondary N) is 1. The summed E-state index contributed by atoms with van der Waals surface area (Å²) in [7, 11) is 3.64. The van der Waals surface area contributed by atoms with Gasteiger partial charge in [-0.2, -0.15) is 0 Å². The van der Waals surface area contributed by atoms with Crippen molar-refractivity contribution in [3.8, 4) is 0 Å². The first-order valence-electron chi connectivity index (χ1n) is 7.76. The quantitative estimate of drug-likeness (QED) is 0.863. The second-order valence-electron chi connectivity index (χ2n) is 6.11. The van der Waals surface area contributed by atoms with Crippen molar-refractivity contribution in [3.63, 3.8) is 0 Å². The molecule has 1 fully saturated rings. The molecule has 1 unspecified atom stereocenters. The largest absolute Gasteiger partial charge is 0.392 e. The minimum absolute atomic E-state index is 0.107. The number of hydrogen-bond donors (Lipinski definition) is 2. The third-order valence-electron chi connectivity index (χ3n) is 4.19. The summed E-state index contributed by atoms with van der Waals surface area (Å²) in [6, 6.07) is 3.09. The molecule has 0 radical (unpaired) electrons. The van der Waals surface area contributed by atoms with Crippen molar-refractivity contribution in [2.45, 2.75) is 18.9 Å². The monoisotopic (exact) mass is 333 g/mol. The molecule has 0 aliphatic carbocycles. The van der Waals surface area contributed by atoms with Gasteiger partial charge < -0.3 is 14.9 Å². The van der Waals surface area contributed by atoms with E-state index in [1.54, 1.807) is 11.0 Å². The lowest BCUT2D eigenvalue weighted by Crippen LogP contribution is -2.23. The summed E-state index contributed by atoms with van der Waals surface area (Å²) < 4.78 is 13.5. The molecule has 24 heavy (non-hydrogen) atoms. The van der Waals surface area contributed by atoms with E-state index in [0.717, 1.165) is 24.9 Å². The fourth-order valence-corrected chi connectivity index (χ4v) is 2.86. The Bertz CT molecular complexity index is 792. The SMILES string of the molecule is CN(C)c1nc(C2CCN(c3cc(CO)c(F)cn3)C2)cc(=O)[nH]1. The number of H-pyrrole nitrogens is 1. The normalized spacial score (nSPS) is 17.3. The highest BCUT2D eigenvalue weighted by Crippen LogP contribution is 2.29. The van der Waals surface area contributed by atoms with E-state index in [1.807, 2.05) is 19.0 Å². The minimum atomic E-state index is -0.510. The summed E-state index contributed by atoms with van der Waals surface area (Å²) in [6.45, 7) is 1.02. The van der Waals surface area contributed by atoms with Gasteiger partial charge in [0.2, 0.25) is 5.95 Å². The van der Waals surface area contributed by atoms with Gasteiger partial charge in [0.1, 0.15) is 11.6 Å². The van der Waals surface area contributed by atoms with E-state index in [2.05, 4.69) is 15.0 Å². The number of pyridine rings is 1. The van der Waals surface area contributed by atoms with Gasteiger partial charge in [-0.3, -0.25) is 9.78 Å². The van der Waals surface area contributed by atoms with Crippen LogP contribution in [0.15, 0.2) is 23.1 Å². The van der Waals surface area contributed by atoms with Crippen LogP contribution < -0.4 is 15.4 Å². The second-order valence-corrected chi connectivity index (χ2v) is 6.11. The number of aliphatic hydroxyl groups is 1. The van der Waals surface area contributed by atoms with Gasteiger partial charge in [0.15, 0.2) is 0 Å². The zero-order valence-electron chi connectivity index (χ0n) is 13.7. The van der Waals surface area contributed by atoms with Crippen molar-refractivity contribution in [2.75, 3.05) is 37.0 Å². The topological polar surface area (TPSA) is 85.3 Å². The van der Waals surface area contributed by atoms with Gasteiger partial charge in [0, 0.05) is 44.7 Å². The molecule has 0 spiro atoms. The molecule has 0 aromatic carbocycles. The van der Waals surface area contributed by atoms with Crippen molar-refractivity contribution in [2.24, 2.45) is 0 Å². The molecule has 3 rings (SSSR count). The molecule has 1 aliphatic heterocycles. The van der Waals surface area contributed by atoms with Gasteiger partial charge in [-0.15, -0.1) is 0 Å². The van der Waals surface area contributed by atoms with Crippen LogP contribution in [-0.4, -0.2) is 47.2 Å². The predicted octanol–water partition coefficient (Wildman–Crippen LogP) is 0.856. The van der Waals surface area contributed by atoms with E-state index in [0.29, 0.717) is 18.3 Å². The van der Waals surface area contributed by atoms with Crippen LogP contribution in [0.25, 0.3) is 0 Å². The first-order valence-corrected chi connectivity index (χ1v) is 7.76. The Kier molecular flexibility index (Phi) is 4.48. The van der Waals surface area contributed by atoms with Gasteiger partial charge >= 0.3 is 0 Å². The molecule has 2 aromatic rings. The lowest BCUT2D eigenvalue weighted by Gasteiger charge is -2.18. The summed E-state index contributed by atoms with van der Waals surface area (Å²) in [6.07, 6.45) is 1.96. The number of anilines is 2. The van der Waals surface area contributed by atoms with Gasteiger partial charge in [-0.05, 0) is 12.5 Å². The van der Waals surface area contributed by atoms with Gasteiger partial charge in [-0.25, -0.2) is 14.4 Å². The summed E-state index contributed by atoms with van der Waals surface area (Å²) in [5, 5.41) is 9.19. The van der Waals surface area contributed by atoms with Gasteiger partial charge in [0.05, 0.1) is 18.5 Å². The van der Waals surface area contributed by atoms with E-state index in [4.69, 9.17) is 0 Å².